The highest BCUT2D eigenvalue weighted by Gasteiger charge is 2.19. The molecule has 22 heavy (non-hydrogen) atoms. The minimum Gasteiger partial charge on any atom is -0.392 e. The number of hydrogen-bond donors (Lipinski definition) is 1. The Kier molecular flexibility index (Phi) is 4.04. The summed E-state index contributed by atoms with van der Waals surface area (Å²) in [6.45, 7) is -0.335. The summed E-state index contributed by atoms with van der Waals surface area (Å²) in [5.41, 5.74) is 0.168. The third-order valence-corrected chi connectivity index (χ3v) is 4.35. The van der Waals surface area contributed by atoms with E-state index in [1.165, 1.54) is 18.0 Å². The Bertz CT molecular complexity index is 840. The second kappa shape index (κ2) is 5.98. The number of benzene rings is 2. The predicted molar refractivity (Wildman–Crippen MR) is 78.1 cm³/mol. The third-order valence-electron chi connectivity index (χ3n) is 3.16. The normalized spacial score (nSPS) is 11.1. The molecule has 112 valence electrons. The van der Waals surface area contributed by atoms with Crippen molar-refractivity contribution in [2.24, 2.45) is 0 Å². The van der Waals surface area contributed by atoms with Gasteiger partial charge in [0, 0.05) is 26.9 Å². The molecule has 0 spiro atoms. The fraction of sp³-hybridized carbons (Fsp3) is 0.0625. The standard InChI is InChI=1S/C16H10F3NOS/c17-12-6-11-15(14(19)13(12)18)20-7-9(8-21)16(11)22-10-4-2-1-3-5-10/h1-7,21H,8H2. The van der Waals surface area contributed by atoms with Crippen LogP contribution in [0, 0.1) is 17.5 Å². The average molecular weight is 321 g/mol. The summed E-state index contributed by atoms with van der Waals surface area (Å²) in [6, 6.07) is 10.1. The van der Waals surface area contributed by atoms with Gasteiger partial charge in [-0.25, -0.2) is 13.2 Å². The van der Waals surface area contributed by atoms with E-state index in [9.17, 15) is 18.3 Å². The molecule has 0 aliphatic rings. The lowest BCUT2D eigenvalue weighted by molar-refractivity contribution is 0.278. The summed E-state index contributed by atoms with van der Waals surface area (Å²) in [5.74, 6) is -4.15. The van der Waals surface area contributed by atoms with E-state index in [-0.39, 0.29) is 17.5 Å². The number of fused-ring (bicyclic) bond motifs is 1. The highest BCUT2D eigenvalue weighted by atomic mass is 32.2. The summed E-state index contributed by atoms with van der Waals surface area (Å²) in [7, 11) is 0. The monoisotopic (exact) mass is 321 g/mol. The highest BCUT2D eigenvalue weighted by Crippen LogP contribution is 2.37. The lowest BCUT2D eigenvalue weighted by Gasteiger charge is -2.11. The maximum Gasteiger partial charge on any atom is 0.196 e. The predicted octanol–water partition coefficient (Wildman–Crippen LogP) is 4.30. The molecule has 0 saturated carbocycles. The Morgan fingerprint density at radius 1 is 1.05 bits per heavy atom. The molecule has 1 heterocycles. The van der Waals surface area contributed by atoms with Gasteiger partial charge in [-0.3, -0.25) is 4.98 Å². The molecule has 0 atom stereocenters. The number of rotatable bonds is 3. The number of halogens is 3. The molecule has 2 aromatic carbocycles. The summed E-state index contributed by atoms with van der Waals surface area (Å²) in [4.78, 5) is 5.08. The van der Waals surface area contributed by atoms with E-state index in [4.69, 9.17) is 0 Å². The molecule has 0 aliphatic carbocycles. The van der Waals surface area contributed by atoms with Gasteiger partial charge < -0.3 is 5.11 Å². The van der Waals surface area contributed by atoms with Crippen LogP contribution in [0.3, 0.4) is 0 Å². The fourth-order valence-electron chi connectivity index (χ4n) is 2.10. The third kappa shape index (κ3) is 2.55. The van der Waals surface area contributed by atoms with Gasteiger partial charge in [0.15, 0.2) is 17.5 Å². The Hall–Kier alpha value is -2.05. The van der Waals surface area contributed by atoms with Crippen LogP contribution in [0.15, 0.2) is 52.4 Å². The molecule has 1 N–H and O–H groups in total. The van der Waals surface area contributed by atoms with Crippen molar-refractivity contribution >= 4 is 22.7 Å². The number of nitrogens with zero attached hydrogens (tertiary/aromatic N) is 1. The minimum absolute atomic E-state index is 0.136. The average Bonchev–Trinajstić information content (AvgIpc) is 2.54. The molecule has 0 unspecified atom stereocenters. The van der Waals surface area contributed by atoms with Gasteiger partial charge in [0.25, 0.3) is 0 Å². The number of aliphatic hydroxyl groups excluding tert-OH is 1. The first-order chi connectivity index (χ1) is 10.6. The molecular weight excluding hydrogens is 311 g/mol. The Balaban J connectivity index is 2.26. The van der Waals surface area contributed by atoms with Crippen LogP contribution in [-0.2, 0) is 6.61 Å². The topological polar surface area (TPSA) is 33.1 Å². The lowest BCUT2D eigenvalue weighted by Crippen LogP contribution is -1.99. The number of pyridine rings is 1. The summed E-state index contributed by atoms with van der Waals surface area (Å²) >= 11 is 1.24. The first-order valence-electron chi connectivity index (χ1n) is 6.40. The quantitative estimate of drug-likeness (QED) is 0.730. The molecule has 3 aromatic rings. The van der Waals surface area contributed by atoms with Gasteiger partial charge in [-0.15, -0.1) is 0 Å². The van der Waals surface area contributed by atoms with Gasteiger partial charge in [0.1, 0.15) is 5.52 Å². The zero-order valence-electron chi connectivity index (χ0n) is 11.2. The van der Waals surface area contributed by atoms with E-state index in [0.717, 1.165) is 11.0 Å². The molecule has 3 rings (SSSR count). The Morgan fingerprint density at radius 3 is 2.45 bits per heavy atom. The van der Waals surface area contributed by atoms with Crippen LogP contribution in [0.2, 0.25) is 0 Å². The van der Waals surface area contributed by atoms with Crippen molar-refractivity contribution in [3.8, 4) is 0 Å². The molecule has 0 fully saturated rings. The van der Waals surface area contributed by atoms with Gasteiger partial charge >= 0.3 is 0 Å². The highest BCUT2D eigenvalue weighted by molar-refractivity contribution is 7.99. The summed E-state index contributed by atoms with van der Waals surface area (Å²) in [5, 5.41) is 9.57. The van der Waals surface area contributed by atoms with Crippen LogP contribution in [-0.4, -0.2) is 10.1 Å². The zero-order chi connectivity index (χ0) is 15.7. The van der Waals surface area contributed by atoms with Crippen LogP contribution in [0.1, 0.15) is 5.56 Å². The number of hydrogen-bond acceptors (Lipinski definition) is 3. The van der Waals surface area contributed by atoms with E-state index >= 15 is 0 Å². The molecule has 0 radical (unpaired) electrons. The first-order valence-corrected chi connectivity index (χ1v) is 7.22. The van der Waals surface area contributed by atoms with Crippen LogP contribution < -0.4 is 0 Å². The first kappa shape index (κ1) is 14.9. The maximum absolute atomic E-state index is 13.9. The molecule has 0 saturated heterocycles. The molecule has 1 aromatic heterocycles. The lowest BCUT2D eigenvalue weighted by atomic mass is 10.1. The van der Waals surface area contributed by atoms with Crippen molar-refractivity contribution in [2.45, 2.75) is 16.4 Å². The summed E-state index contributed by atoms with van der Waals surface area (Å²) in [6.07, 6.45) is 1.27. The van der Waals surface area contributed by atoms with Crippen molar-refractivity contribution in [3.63, 3.8) is 0 Å². The van der Waals surface area contributed by atoms with Crippen LogP contribution in [0.25, 0.3) is 10.9 Å². The largest absolute Gasteiger partial charge is 0.392 e. The van der Waals surface area contributed by atoms with Crippen LogP contribution in [0.4, 0.5) is 13.2 Å². The van der Waals surface area contributed by atoms with E-state index in [2.05, 4.69) is 4.98 Å². The maximum atomic E-state index is 13.9. The van der Waals surface area contributed by atoms with E-state index < -0.39 is 17.5 Å². The molecule has 6 heteroatoms. The molecule has 0 amide bonds. The Morgan fingerprint density at radius 2 is 1.77 bits per heavy atom. The van der Waals surface area contributed by atoms with Crippen molar-refractivity contribution in [1.82, 2.24) is 4.98 Å². The number of aromatic nitrogens is 1. The van der Waals surface area contributed by atoms with Gasteiger partial charge in [-0.05, 0) is 18.2 Å². The van der Waals surface area contributed by atoms with E-state index in [1.807, 2.05) is 30.3 Å². The fourth-order valence-corrected chi connectivity index (χ4v) is 3.14. The molecular formula is C16H10F3NOS. The van der Waals surface area contributed by atoms with Gasteiger partial charge in [-0.2, -0.15) is 0 Å². The minimum atomic E-state index is -1.55. The van der Waals surface area contributed by atoms with Crippen molar-refractivity contribution < 1.29 is 18.3 Å². The van der Waals surface area contributed by atoms with Gasteiger partial charge in [0.2, 0.25) is 0 Å². The van der Waals surface area contributed by atoms with Gasteiger partial charge in [0.05, 0.1) is 6.61 Å². The molecule has 2 nitrogen and oxygen atoms in total. The SMILES string of the molecule is OCc1cnc2c(F)c(F)c(F)cc2c1Sc1ccccc1. The summed E-state index contributed by atoms with van der Waals surface area (Å²) < 4.78 is 40.8. The van der Waals surface area contributed by atoms with Crippen LogP contribution in [0.5, 0.6) is 0 Å². The smallest absolute Gasteiger partial charge is 0.196 e. The number of aliphatic hydroxyl groups is 1. The van der Waals surface area contributed by atoms with E-state index in [1.54, 1.807) is 0 Å². The van der Waals surface area contributed by atoms with Gasteiger partial charge in [-0.1, -0.05) is 30.0 Å². The Labute approximate surface area is 128 Å². The second-order valence-electron chi connectivity index (χ2n) is 4.57. The zero-order valence-corrected chi connectivity index (χ0v) is 12.0. The molecule has 0 aliphatic heterocycles. The van der Waals surface area contributed by atoms with Crippen LogP contribution >= 0.6 is 11.8 Å². The second-order valence-corrected chi connectivity index (χ2v) is 5.65. The molecule has 0 bridgehead atoms. The van der Waals surface area contributed by atoms with E-state index in [0.29, 0.717) is 10.5 Å². The van der Waals surface area contributed by atoms with Crippen molar-refractivity contribution in [3.05, 3.63) is 65.6 Å². The van der Waals surface area contributed by atoms with Crippen molar-refractivity contribution in [2.75, 3.05) is 0 Å². The van der Waals surface area contributed by atoms with Crippen molar-refractivity contribution in [1.29, 1.82) is 0 Å².